The van der Waals surface area contributed by atoms with Crippen LogP contribution in [0.1, 0.15) is 19.8 Å². The summed E-state index contributed by atoms with van der Waals surface area (Å²) in [6.45, 7) is 3.62. The van der Waals surface area contributed by atoms with Gasteiger partial charge in [0.2, 0.25) is 0 Å². The van der Waals surface area contributed by atoms with Gasteiger partial charge in [-0.1, -0.05) is 11.6 Å². The zero-order valence-corrected chi connectivity index (χ0v) is 10.8. The van der Waals surface area contributed by atoms with Crippen molar-refractivity contribution in [2.45, 2.75) is 25.3 Å². The van der Waals surface area contributed by atoms with Crippen molar-refractivity contribution in [3.63, 3.8) is 0 Å². The zero-order chi connectivity index (χ0) is 12.6. The van der Waals surface area contributed by atoms with Crippen molar-refractivity contribution >= 4 is 23.2 Å². The van der Waals surface area contributed by atoms with Crippen LogP contribution in [0, 0.1) is 0 Å². The number of aromatic nitrogens is 4. The third-order valence-corrected chi connectivity index (χ3v) is 3.28. The molecule has 1 unspecified atom stereocenters. The van der Waals surface area contributed by atoms with Crippen molar-refractivity contribution in [1.82, 2.24) is 19.6 Å². The Hall–Kier alpha value is -1.40. The number of nitrogens with zero attached hydrogens (tertiary/aromatic N) is 4. The topological polar surface area (TPSA) is 64.3 Å². The van der Waals surface area contributed by atoms with Crippen LogP contribution in [0.15, 0.2) is 12.4 Å². The van der Waals surface area contributed by atoms with E-state index in [-0.39, 0.29) is 5.54 Å². The van der Waals surface area contributed by atoms with Crippen LogP contribution in [-0.4, -0.2) is 38.3 Å². The monoisotopic (exact) mass is 267 g/mol. The molecule has 6 nitrogen and oxygen atoms in total. The van der Waals surface area contributed by atoms with Crippen LogP contribution in [-0.2, 0) is 4.74 Å². The standard InChI is InChI=1S/C11H14ClN5O/c1-11(3-2-4-18-6-11)16-9-5-8(12)15-10-13-7-14-17(9)10/h5,7,16H,2-4,6H2,1H3. The van der Waals surface area contributed by atoms with Gasteiger partial charge < -0.3 is 10.1 Å². The molecule has 3 heterocycles. The van der Waals surface area contributed by atoms with Gasteiger partial charge in [-0.05, 0) is 19.8 Å². The first-order valence-electron chi connectivity index (χ1n) is 5.89. The van der Waals surface area contributed by atoms with Gasteiger partial charge in [-0.3, -0.25) is 0 Å². The summed E-state index contributed by atoms with van der Waals surface area (Å²) >= 11 is 5.98. The van der Waals surface area contributed by atoms with E-state index in [1.807, 2.05) is 0 Å². The Morgan fingerprint density at radius 3 is 3.22 bits per heavy atom. The minimum atomic E-state index is -0.109. The van der Waals surface area contributed by atoms with Crippen LogP contribution >= 0.6 is 11.6 Å². The first-order valence-corrected chi connectivity index (χ1v) is 6.26. The van der Waals surface area contributed by atoms with E-state index in [9.17, 15) is 0 Å². The Morgan fingerprint density at radius 1 is 1.56 bits per heavy atom. The lowest BCUT2D eigenvalue weighted by Gasteiger charge is -2.35. The molecule has 18 heavy (non-hydrogen) atoms. The molecule has 0 aliphatic carbocycles. The van der Waals surface area contributed by atoms with Gasteiger partial charge in [-0.15, -0.1) is 0 Å². The number of ether oxygens (including phenoxy) is 1. The lowest BCUT2D eigenvalue weighted by molar-refractivity contribution is 0.0538. The summed E-state index contributed by atoms with van der Waals surface area (Å²) in [6, 6.07) is 1.75. The van der Waals surface area contributed by atoms with Crippen molar-refractivity contribution in [2.75, 3.05) is 18.5 Å². The molecule has 0 spiro atoms. The first-order chi connectivity index (χ1) is 8.66. The number of rotatable bonds is 2. The fraction of sp³-hybridized carbons (Fsp3) is 0.545. The molecule has 2 aromatic heterocycles. The van der Waals surface area contributed by atoms with E-state index < -0.39 is 0 Å². The van der Waals surface area contributed by atoms with Crippen molar-refractivity contribution in [3.05, 3.63) is 17.5 Å². The number of halogens is 1. The van der Waals surface area contributed by atoms with Crippen LogP contribution in [0.4, 0.5) is 5.82 Å². The maximum absolute atomic E-state index is 5.98. The average Bonchev–Trinajstić information content (AvgIpc) is 2.77. The summed E-state index contributed by atoms with van der Waals surface area (Å²) in [6.07, 6.45) is 3.55. The first kappa shape index (κ1) is 11.7. The van der Waals surface area contributed by atoms with Crippen LogP contribution in [0.2, 0.25) is 5.15 Å². The van der Waals surface area contributed by atoms with E-state index in [4.69, 9.17) is 16.3 Å². The maximum atomic E-state index is 5.98. The van der Waals surface area contributed by atoms with E-state index in [1.54, 1.807) is 10.6 Å². The van der Waals surface area contributed by atoms with E-state index in [0.717, 1.165) is 25.3 Å². The summed E-state index contributed by atoms with van der Waals surface area (Å²) in [5.41, 5.74) is -0.109. The second-order valence-electron chi connectivity index (χ2n) is 4.78. The molecule has 0 saturated carbocycles. The van der Waals surface area contributed by atoms with Gasteiger partial charge in [0, 0.05) is 12.7 Å². The zero-order valence-electron chi connectivity index (χ0n) is 10.1. The third-order valence-electron chi connectivity index (χ3n) is 3.09. The van der Waals surface area contributed by atoms with E-state index in [2.05, 4.69) is 27.3 Å². The highest BCUT2D eigenvalue weighted by atomic mass is 35.5. The summed E-state index contributed by atoms with van der Waals surface area (Å²) in [7, 11) is 0. The summed E-state index contributed by atoms with van der Waals surface area (Å²) in [5.74, 6) is 1.28. The molecule has 0 bridgehead atoms. The highest BCUT2D eigenvalue weighted by molar-refractivity contribution is 6.29. The molecule has 0 amide bonds. The summed E-state index contributed by atoms with van der Waals surface area (Å²) < 4.78 is 7.17. The molecule has 3 rings (SSSR count). The number of fused-ring (bicyclic) bond motifs is 1. The van der Waals surface area contributed by atoms with E-state index in [0.29, 0.717) is 17.5 Å². The minimum absolute atomic E-state index is 0.109. The summed E-state index contributed by atoms with van der Waals surface area (Å²) in [4.78, 5) is 8.14. The van der Waals surface area contributed by atoms with Gasteiger partial charge in [-0.25, -0.2) is 0 Å². The molecule has 1 N–H and O–H groups in total. The van der Waals surface area contributed by atoms with Crippen molar-refractivity contribution in [2.24, 2.45) is 0 Å². The van der Waals surface area contributed by atoms with E-state index in [1.165, 1.54) is 6.33 Å². The lowest BCUT2D eigenvalue weighted by atomic mass is 9.95. The highest BCUT2D eigenvalue weighted by Gasteiger charge is 2.28. The van der Waals surface area contributed by atoms with Gasteiger partial charge in [0.15, 0.2) is 0 Å². The molecule has 2 aromatic rings. The molecule has 0 aromatic carbocycles. The molecule has 1 aliphatic heterocycles. The molecule has 0 radical (unpaired) electrons. The highest BCUT2D eigenvalue weighted by Crippen LogP contribution is 2.25. The van der Waals surface area contributed by atoms with Crippen LogP contribution < -0.4 is 5.32 Å². The Labute approximate surface area is 109 Å². The Balaban J connectivity index is 1.96. The predicted octanol–water partition coefficient (Wildman–Crippen LogP) is 1.76. The molecule has 1 atom stereocenters. The van der Waals surface area contributed by atoms with Crippen LogP contribution in [0.25, 0.3) is 5.78 Å². The normalized spacial score (nSPS) is 24.3. The minimum Gasteiger partial charge on any atom is -0.379 e. The molecule has 1 aliphatic rings. The molecule has 7 heteroatoms. The number of anilines is 1. The van der Waals surface area contributed by atoms with Crippen molar-refractivity contribution < 1.29 is 4.74 Å². The second kappa shape index (κ2) is 4.37. The average molecular weight is 268 g/mol. The molecule has 1 fully saturated rings. The van der Waals surface area contributed by atoms with Gasteiger partial charge in [0.1, 0.15) is 17.3 Å². The van der Waals surface area contributed by atoms with Gasteiger partial charge in [0.05, 0.1) is 12.1 Å². The largest absolute Gasteiger partial charge is 0.379 e. The van der Waals surface area contributed by atoms with Gasteiger partial charge in [0.25, 0.3) is 5.78 Å². The quantitative estimate of drug-likeness (QED) is 0.840. The molecule has 1 saturated heterocycles. The van der Waals surface area contributed by atoms with Gasteiger partial charge >= 0.3 is 0 Å². The lowest BCUT2D eigenvalue weighted by Crippen LogP contribution is -2.43. The smallest absolute Gasteiger partial charge is 0.255 e. The third kappa shape index (κ3) is 2.13. The van der Waals surface area contributed by atoms with Gasteiger partial charge in [-0.2, -0.15) is 19.6 Å². The predicted molar refractivity (Wildman–Crippen MR) is 67.9 cm³/mol. The Morgan fingerprint density at radius 2 is 2.44 bits per heavy atom. The van der Waals surface area contributed by atoms with Crippen molar-refractivity contribution in [3.8, 4) is 0 Å². The maximum Gasteiger partial charge on any atom is 0.255 e. The Bertz CT molecular complexity index is 564. The van der Waals surface area contributed by atoms with Crippen molar-refractivity contribution in [1.29, 1.82) is 0 Å². The van der Waals surface area contributed by atoms with Crippen LogP contribution in [0.5, 0.6) is 0 Å². The fourth-order valence-corrected chi connectivity index (χ4v) is 2.39. The fourth-order valence-electron chi connectivity index (χ4n) is 2.21. The SMILES string of the molecule is CC1(Nc2cc(Cl)nc3ncnn23)CCCOC1. The summed E-state index contributed by atoms with van der Waals surface area (Å²) in [5, 5.41) is 7.98. The molecule has 96 valence electrons. The Kier molecular flexibility index (Phi) is 2.83. The van der Waals surface area contributed by atoms with E-state index >= 15 is 0 Å². The van der Waals surface area contributed by atoms with Crippen LogP contribution in [0.3, 0.4) is 0 Å². The number of nitrogens with one attached hydrogen (secondary N) is 1. The molecular weight excluding hydrogens is 254 g/mol. The number of hydrogen-bond acceptors (Lipinski definition) is 5. The molecular formula is C11H14ClN5O. The second-order valence-corrected chi connectivity index (χ2v) is 5.16. The number of hydrogen-bond donors (Lipinski definition) is 1.